The molecule has 0 bridgehead atoms. The molecule has 0 saturated carbocycles. The lowest BCUT2D eigenvalue weighted by atomic mass is 10.2. The van der Waals surface area contributed by atoms with Gasteiger partial charge in [0.1, 0.15) is 5.76 Å². The molecule has 0 saturated heterocycles. The summed E-state index contributed by atoms with van der Waals surface area (Å²) in [6, 6.07) is 3.85. The SMILES string of the molecule is CC(O)C(C)NCc1ccco1. The Labute approximate surface area is 72.4 Å². The second-order valence-corrected chi connectivity index (χ2v) is 2.99. The maximum Gasteiger partial charge on any atom is 0.117 e. The van der Waals surface area contributed by atoms with Crippen LogP contribution in [0, 0.1) is 0 Å². The molecule has 0 aliphatic rings. The highest BCUT2D eigenvalue weighted by atomic mass is 16.3. The van der Waals surface area contributed by atoms with Crippen LogP contribution in [0.2, 0.25) is 0 Å². The fourth-order valence-electron chi connectivity index (χ4n) is 0.845. The summed E-state index contributed by atoms with van der Waals surface area (Å²) in [5.41, 5.74) is 0. The lowest BCUT2D eigenvalue weighted by molar-refractivity contribution is 0.151. The largest absolute Gasteiger partial charge is 0.468 e. The number of hydrogen-bond acceptors (Lipinski definition) is 3. The van der Waals surface area contributed by atoms with Crippen LogP contribution in [-0.4, -0.2) is 17.3 Å². The molecule has 3 heteroatoms. The molecule has 1 aromatic rings. The molecule has 68 valence electrons. The molecular formula is C9H15NO2. The van der Waals surface area contributed by atoms with Gasteiger partial charge in [-0.2, -0.15) is 0 Å². The van der Waals surface area contributed by atoms with Gasteiger partial charge in [-0.3, -0.25) is 0 Å². The van der Waals surface area contributed by atoms with E-state index >= 15 is 0 Å². The molecule has 0 fully saturated rings. The van der Waals surface area contributed by atoms with Crippen molar-refractivity contribution in [2.24, 2.45) is 0 Å². The second-order valence-electron chi connectivity index (χ2n) is 2.99. The molecule has 1 heterocycles. The number of hydrogen-bond donors (Lipinski definition) is 2. The van der Waals surface area contributed by atoms with Crippen molar-refractivity contribution in [3.63, 3.8) is 0 Å². The quantitative estimate of drug-likeness (QED) is 0.710. The van der Waals surface area contributed by atoms with E-state index in [0.29, 0.717) is 6.54 Å². The number of furan rings is 1. The molecule has 0 aromatic carbocycles. The average Bonchev–Trinajstić information content (AvgIpc) is 2.51. The van der Waals surface area contributed by atoms with Crippen molar-refractivity contribution in [3.05, 3.63) is 24.2 Å². The number of aliphatic hydroxyl groups is 1. The summed E-state index contributed by atoms with van der Waals surface area (Å²) in [5.74, 6) is 0.891. The Bertz CT molecular complexity index is 206. The van der Waals surface area contributed by atoms with Gasteiger partial charge in [0.2, 0.25) is 0 Å². The van der Waals surface area contributed by atoms with Gasteiger partial charge in [-0.15, -0.1) is 0 Å². The Morgan fingerprint density at radius 1 is 1.58 bits per heavy atom. The van der Waals surface area contributed by atoms with Gasteiger partial charge in [0, 0.05) is 6.04 Å². The molecule has 0 radical (unpaired) electrons. The Kier molecular flexibility index (Phi) is 3.31. The van der Waals surface area contributed by atoms with Crippen LogP contribution in [-0.2, 0) is 6.54 Å². The molecular weight excluding hydrogens is 154 g/mol. The first-order valence-electron chi connectivity index (χ1n) is 4.14. The van der Waals surface area contributed by atoms with E-state index < -0.39 is 0 Å². The molecule has 1 rings (SSSR count). The Balaban J connectivity index is 2.27. The zero-order chi connectivity index (χ0) is 8.97. The molecule has 1 aromatic heterocycles. The molecule has 0 aliphatic heterocycles. The molecule has 0 spiro atoms. The molecule has 3 nitrogen and oxygen atoms in total. The third kappa shape index (κ3) is 2.68. The van der Waals surface area contributed by atoms with E-state index in [4.69, 9.17) is 9.52 Å². The number of nitrogens with one attached hydrogen (secondary N) is 1. The summed E-state index contributed by atoms with van der Waals surface area (Å²) in [7, 11) is 0. The molecule has 2 unspecified atom stereocenters. The van der Waals surface area contributed by atoms with Crippen molar-refractivity contribution in [2.75, 3.05) is 0 Å². The minimum absolute atomic E-state index is 0.0927. The fraction of sp³-hybridized carbons (Fsp3) is 0.556. The van der Waals surface area contributed by atoms with E-state index in [1.165, 1.54) is 0 Å². The van der Waals surface area contributed by atoms with E-state index in [-0.39, 0.29) is 12.1 Å². The van der Waals surface area contributed by atoms with E-state index in [9.17, 15) is 0 Å². The third-order valence-corrected chi connectivity index (χ3v) is 1.90. The predicted molar refractivity (Wildman–Crippen MR) is 46.7 cm³/mol. The monoisotopic (exact) mass is 169 g/mol. The first-order chi connectivity index (χ1) is 5.70. The lowest BCUT2D eigenvalue weighted by Gasteiger charge is -2.15. The van der Waals surface area contributed by atoms with Gasteiger partial charge in [-0.25, -0.2) is 0 Å². The zero-order valence-corrected chi connectivity index (χ0v) is 7.45. The van der Waals surface area contributed by atoms with Crippen molar-refractivity contribution < 1.29 is 9.52 Å². The summed E-state index contributed by atoms with van der Waals surface area (Å²) in [6.07, 6.45) is 1.31. The minimum atomic E-state index is -0.333. The summed E-state index contributed by atoms with van der Waals surface area (Å²) in [5, 5.41) is 12.3. The minimum Gasteiger partial charge on any atom is -0.468 e. The normalized spacial score (nSPS) is 15.9. The summed E-state index contributed by atoms with van der Waals surface area (Å²) in [6.45, 7) is 4.37. The van der Waals surface area contributed by atoms with Crippen LogP contribution in [0.1, 0.15) is 19.6 Å². The van der Waals surface area contributed by atoms with Crippen LogP contribution in [0.25, 0.3) is 0 Å². The lowest BCUT2D eigenvalue weighted by Crippen LogP contribution is -2.34. The van der Waals surface area contributed by atoms with Crippen molar-refractivity contribution in [1.29, 1.82) is 0 Å². The van der Waals surface area contributed by atoms with Crippen LogP contribution in [0.3, 0.4) is 0 Å². The molecule has 0 amide bonds. The Morgan fingerprint density at radius 3 is 2.83 bits per heavy atom. The van der Waals surface area contributed by atoms with Gasteiger partial charge < -0.3 is 14.8 Å². The van der Waals surface area contributed by atoms with Gasteiger partial charge >= 0.3 is 0 Å². The highest BCUT2D eigenvalue weighted by Crippen LogP contribution is 2.00. The van der Waals surface area contributed by atoms with Crippen LogP contribution < -0.4 is 5.32 Å². The summed E-state index contributed by atoms with van der Waals surface area (Å²) < 4.78 is 5.12. The van der Waals surface area contributed by atoms with E-state index in [2.05, 4.69) is 5.32 Å². The van der Waals surface area contributed by atoms with Gasteiger partial charge in [0.15, 0.2) is 0 Å². The van der Waals surface area contributed by atoms with Crippen molar-refractivity contribution in [3.8, 4) is 0 Å². The highest BCUT2D eigenvalue weighted by Gasteiger charge is 2.07. The second kappa shape index (κ2) is 4.28. The summed E-state index contributed by atoms with van der Waals surface area (Å²) >= 11 is 0. The van der Waals surface area contributed by atoms with Crippen LogP contribution >= 0.6 is 0 Å². The predicted octanol–water partition coefficient (Wildman–Crippen LogP) is 1.14. The van der Waals surface area contributed by atoms with Gasteiger partial charge in [-0.1, -0.05) is 0 Å². The first kappa shape index (κ1) is 9.29. The fourth-order valence-corrected chi connectivity index (χ4v) is 0.845. The van der Waals surface area contributed by atoms with Gasteiger partial charge in [0.25, 0.3) is 0 Å². The highest BCUT2D eigenvalue weighted by molar-refractivity contribution is 4.97. The van der Waals surface area contributed by atoms with Crippen LogP contribution in [0.15, 0.2) is 22.8 Å². The van der Waals surface area contributed by atoms with E-state index in [0.717, 1.165) is 5.76 Å². The summed E-state index contributed by atoms with van der Waals surface area (Å²) in [4.78, 5) is 0. The maximum atomic E-state index is 9.16. The standard InChI is InChI=1S/C9H15NO2/c1-7(8(2)11)10-6-9-4-3-5-12-9/h3-5,7-8,10-11H,6H2,1-2H3. The Morgan fingerprint density at radius 2 is 2.33 bits per heavy atom. The topological polar surface area (TPSA) is 45.4 Å². The van der Waals surface area contributed by atoms with Gasteiger partial charge in [-0.05, 0) is 26.0 Å². The van der Waals surface area contributed by atoms with Crippen molar-refractivity contribution >= 4 is 0 Å². The molecule has 12 heavy (non-hydrogen) atoms. The smallest absolute Gasteiger partial charge is 0.117 e. The molecule has 0 aliphatic carbocycles. The average molecular weight is 169 g/mol. The Hall–Kier alpha value is -0.800. The van der Waals surface area contributed by atoms with Gasteiger partial charge in [0.05, 0.1) is 18.9 Å². The zero-order valence-electron chi connectivity index (χ0n) is 7.45. The third-order valence-electron chi connectivity index (χ3n) is 1.90. The maximum absolute atomic E-state index is 9.16. The molecule has 2 atom stereocenters. The molecule has 2 N–H and O–H groups in total. The first-order valence-corrected chi connectivity index (χ1v) is 4.14. The van der Waals surface area contributed by atoms with Crippen molar-refractivity contribution in [2.45, 2.75) is 32.5 Å². The van der Waals surface area contributed by atoms with Crippen LogP contribution in [0.5, 0.6) is 0 Å². The van der Waals surface area contributed by atoms with E-state index in [1.807, 2.05) is 19.1 Å². The van der Waals surface area contributed by atoms with Crippen LogP contribution in [0.4, 0.5) is 0 Å². The van der Waals surface area contributed by atoms with Crippen molar-refractivity contribution in [1.82, 2.24) is 5.32 Å². The van der Waals surface area contributed by atoms with E-state index in [1.54, 1.807) is 13.2 Å². The number of rotatable bonds is 4. The number of aliphatic hydroxyl groups excluding tert-OH is 1.